The van der Waals surface area contributed by atoms with Gasteiger partial charge in [-0.2, -0.15) is 0 Å². The molecule has 0 aliphatic heterocycles. The molecule has 0 aliphatic carbocycles. The number of imidazole rings is 2. The molecule has 0 saturated heterocycles. The number of nitrogens with zero attached hydrogens (tertiary/aromatic N) is 4. The number of nitrogens with one attached hydrogen (secondary N) is 1. The van der Waals surface area contributed by atoms with Crippen molar-refractivity contribution in [3.8, 4) is 0 Å². The van der Waals surface area contributed by atoms with Gasteiger partial charge in [-0.3, -0.25) is 0 Å². The molecule has 0 unspecified atom stereocenters. The molecule has 8 nitrogen and oxygen atoms in total. The van der Waals surface area contributed by atoms with E-state index in [1.54, 1.807) is 18.5 Å². The van der Waals surface area contributed by atoms with Gasteiger partial charge in [0.1, 0.15) is 11.3 Å². The summed E-state index contributed by atoms with van der Waals surface area (Å²) in [4.78, 5) is 28.5. The monoisotopic (exact) mass is 392 g/mol. The molecular weight excluding hydrogens is 368 g/mol. The number of hydrogen-bond donors (Lipinski definition) is 2. The van der Waals surface area contributed by atoms with Crippen molar-refractivity contribution in [3.05, 3.63) is 47.8 Å². The molecule has 4 rings (SSSR count). The quantitative estimate of drug-likeness (QED) is 0.467. The minimum atomic E-state index is -0.399. The van der Waals surface area contributed by atoms with Crippen molar-refractivity contribution in [1.82, 2.24) is 24.5 Å². The number of aryl methyl sites for hydroxylation is 3. The molecule has 0 radical (unpaired) electrons. The number of unbranched alkanes of at least 4 members (excludes halogenated alkanes) is 1. The Balaban J connectivity index is 1.88. The van der Waals surface area contributed by atoms with Crippen LogP contribution < -0.4 is 5.73 Å². The van der Waals surface area contributed by atoms with Gasteiger partial charge in [0.05, 0.1) is 30.0 Å². The molecule has 3 N–H and O–H groups in total. The van der Waals surface area contributed by atoms with Gasteiger partial charge in [0.15, 0.2) is 5.82 Å². The number of fused-ring (bicyclic) bond motifs is 3. The van der Waals surface area contributed by atoms with E-state index in [0.717, 1.165) is 54.6 Å². The maximum Gasteiger partial charge on any atom is 0.337 e. The number of pyridine rings is 1. The van der Waals surface area contributed by atoms with Crippen molar-refractivity contribution in [2.24, 2.45) is 0 Å². The number of ether oxygens (including phenoxy) is 1. The number of benzene rings is 1. The molecule has 29 heavy (non-hydrogen) atoms. The van der Waals surface area contributed by atoms with Gasteiger partial charge < -0.3 is 20.0 Å². The molecule has 0 atom stereocenters. The lowest BCUT2D eigenvalue weighted by Crippen LogP contribution is -2.07. The predicted molar refractivity (Wildman–Crippen MR) is 112 cm³/mol. The second-order valence-corrected chi connectivity index (χ2v) is 7.03. The Morgan fingerprint density at radius 1 is 1.28 bits per heavy atom. The van der Waals surface area contributed by atoms with Crippen LogP contribution in [0.25, 0.3) is 21.9 Å². The molecule has 8 heteroatoms. The van der Waals surface area contributed by atoms with E-state index >= 15 is 0 Å². The summed E-state index contributed by atoms with van der Waals surface area (Å²) in [6, 6.07) is 5.37. The van der Waals surface area contributed by atoms with Crippen LogP contribution in [-0.4, -0.2) is 37.6 Å². The summed E-state index contributed by atoms with van der Waals surface area (Å²) < 4.78 is 7.06. The van der Waals surface area contributed by atoms with E-state index in [2.05, 4.69) is 26.4 Å². The SMILES string of the molecule is CCCCc1nc2c(N)nc3cc(C(=O)OC)ccc3c2n1CCc1cnc[nH]1. The summed E-state index contributed by atoms with van der Waals surface area (Å²) in [5.41, 5.74) is 10.1. The Labute approximate surface area is 168 Å². The first-order valence-electron chi connectivity index (χ1n) is 9.76. The van der Waals surface area contributed by atoms with E-state index in [9.17, 15) is 4.79 Å². The van der Waals surface area contributed by atoms with Crippen LogP contribution in [0.5, 0.6) is 0 Å². The summed E-state index contributed by atoms with van der Waals surface area (Å²) in [6.07, 6.45) is 7.32. The maximum absolute atomic E-state index is 11.9. The summed E-state index contributed by atoms with van der Waals surface area (Å²) in [5.74, 6) is 0.968. The van der Waals surface area contributed by atoms with Crippen LogP contribution in [-0.2, 0) is 24.1 Å². The fraction of sp³-hybridized carbons (Fsp3) is 0.333. The van der Waals surface area contributed by atoms with E-state index in [1.807, 2.05) is 12.3 Å². The van der Waals surface area contributed by atoms with Crippen molar-refractivity contribution in [2.45, 2.75) is 39.2 Å². The summed E-state index contributed by atoms with van der Waals surface area (Å²) >= 11 is 0. The molecule has 0 spiro atoms. The summed E-state index contributed by atoms with van der Waals surface area (Å²) in [5, 5.41) is 0.918. The normalized spacial score (nSPS) is 11.4. The first-order valence-corrected chi connectivity index (χ1v) is 9.76. The minimum Gasteiger partial charge on any atom is -0.465 e. The van der Waals surface area contributed by atoms with Crippen molar-refractivity contribution in [2.75, 3.05) is 12.8 Å². The van der Waals surface area contributed by atoms with Crippen molar-refractivity contribution < 1.29 is 9.53 Å². The number of aromatic amines is 1. The van der Waals surface area contributed by atoms with E-state index in [-0.39, 0.29) is 0 Å². The standard InChI is InChI=1S/C21H24N6O2/c1-3-4-5-17-26-18-19(27(17)9-8-14-11-23-12-24-14)15-7-6-13(21(28)29-2)10-16(15)25-20(18)22/h6-7,10-12H,3-5,8-9H2,1-2H3,(H2,22,25)(H,23,24). The number of carbonyl (C=O) groups excluding carboxylic acids is 1. The average Bonchev–Trinajstić information content (AvgIpc) is 3.37. The first kappa shape index (κ1) is 18.9. The number of aromatic nitrogens is 5. The fourth-order valence-electron chi connectivity index (χ4n) is 3.62. The number of esters is 1. The molecule has 1 aromatic carbocycles. The number of methoxy groups -OCH3 is 1. The zero-order valence-electron chi connectivity index (χ0n) is 16.6. The lowest BCUT2D eigenvalue weighted by molar-refractivity contribution is 0.0601. The van der Waals surface area contributed by atoms with E-state index < -0.39 is 5.97 Å². The van der Waals surface area contributed by atoms with Gasteiger partial charge in [0.2, 0.25) is 0 Å². The summed E-state index contributed by atoms with van der Waals surface area (Å²) in [6.45, 7) is 2.91. The zero-order chi connectivity index (χ0) is 20.4. The van der Waals surface area contributed by atoms with Crippen molar-refractivity contribution in [1.29, 1.82) is 0 Å². The number of hydrogen-bond acceptors (Lipinski definition) is 6. The molecule has 4 aromatic rings. The Kier molecular flexibility index (Phi) is 5.16. The van der Waals surface area contributed by atoms with Gasteiger partial charge in [0, 0.05) is 36.7 Å². The van der Waals surface area contributed by atoms with Gasteiger partial charge in [-0.05, 0) is 24.6 Å². The number of H-pyrrole nitrogens is 1. The van der Waals surface area contributed by atoms with Gasteiger partial charge in [0.25, 0.3) is 0 Å². The number of carbonyl (C=O) groups is 1. The topological polar surface area (TPSA) is 112 Å². The lowest BCUT2D eigenvalue weighted by atomic mass is 10.1. The van der Waals surface area contributed by atoms with Crippen molar-refractivity contribution >= 4 is 33.7 Å². The second-order valence-electron chi connectivity index (χ2n) is 7.03. The smallest absolute Gasteiger partial charge is 0.337 e. The summed E-state index contributed by atoms with van der Waals surface area (Å²) in [7, 11) is 1.36. The van der Waals surface area contributed by atoms with Crippen LogP contribution in [0.2, 0.25) is 0 Å². The third kappa shape index (κ3) is 3.53. The third-order valence-electron chi connectivity index (χ3n) is 5.12. The van der Waals surface area contributed by atoms with E-state index in [1.165, 1.54) is 7.11 Å². The van der Waals surface area contributed by atoms with E-state index in [0.29, 0.717) is 22.4 Å². The third-order valence-corrected chi connectivity index (χ3v) is 5.12. The molecular formula is C21H24N6O2. The van der Waals surface area contributed by atoms with E-state index in [4.69, 9.17) is 15.5 Å². The second kappa shape index (κ2) is 7.90. The van der Waals surface area contributed by atoms with Gasteiger partial charge >= 0.3 is 5.97 Å². The number of nitrogen functional groups attached to an aromatic ring is 1. The van der Waals surface area contributed by atoms with Crippen LogP contribution in [0.15, 0.2) is 30.7 Å². The van der Waals surface area contributed by atoms with Crippen LogP contribution in [0.1, 0.15) is 41.6 Å². The van der Waals surface area contributed by atoms with Gasteiger partial charge in [-0.1, -0.05) is 13.3 Å². The molecule has 0 aliphatic rings. The van der Waals surface area contributed by atoms with Crippen LogP contribution in [0.4, 0.5) is 5.82 Å². The highest BCUT2D eigenvalue weighted by molar-refractivity contribution is 6.08. The largest absolute Gasteiger partial charge is 0.465 e. The zero-order valence-corrected chi connectivity index (χ0v) is 16.6. The Morgan fingerprint density at radius 3 is 2.86 bits per heavy atom. The first-order chi connectivity index (χ1) is 14.1. The van der Waals surface area contributed by atoms with Crippen molar-refractivity contribution in [3.63, 3.8) is 0 Å². The molecule has 0 fully saturated rings. The molecule has 0 amide bonds. The Bertz CT molecular complexity index is 1160. The van der Waals surface area contributed by atoms with Gasteiger partial charge in [-0.15, -0.1) is 0 Å². The average molecular weight is 392 g/mol. The number of rotatable bonds is 7. The molecule has 3 aromatic heterocycles. The molecule has 0 saturated carbocycles. The maximum atomic E-state index is 11.9. The highest BCUT2D eigenvalue weighted by atomic mass is 16.5. The Morgan fingerprint density at radius 2 is 2.14 bits per heavy atom. The highest BCUT2D eigenvalue weighted by Gasteiger charge is 2.18. The van der Waals surface area contributed by atoms with Crippen LogP contribution in [0.3, 0.4) is 0 Å². The van der Waals surface area contributed by atoms with Crippen LogP contribution in [0, 0.1) is 0 Å². The number of anilines is 1. The molecule has 150 valence electrons. The van der Waals surface area contributed by atoms with Crippen LogP contribution >= 0.6 is 0 Å². The lowest BCUT2D eigenvalue weighted by Gasteiger charge is -2.11. The molecule has 0 bridgehead atoms. The predicted octanol–water partition coefficient (Wildman–Crippen LogP) is 3.26. The molecule has 3 heterocycles. The highest BCUT2D eigenvalue weighted by Crippen LogP contribution is 2.30. The van der Waals surface area contributed by atoms with Gasteiger partial charge in [-0.25, -0.2) is 19.7 Å². The fourth-order valence-corrected chi connectivity index (χ4v) is 3.62. The minimum absolute atomic E-state index is 0.368. The Hall–Kier alpha value is -3.42. The number of nitrogens with two attached hydrogens (primary N) is 1.